The Labute approximate surface area is 104 Å². The molecule has 1 atom stereocenters. The van der Waals surface area contributed by atoms with E-state index >= 15 is 0 Å². The van der Waals surface area contributed by atoms with E-state index in [1.807, 2.05) is 6.92 Å². The van der Waals surface area contributed by atoms with Gasteiger partial charge in [0.1, 0.15) is 5.75 Å². The van der Waals surface area contributed by atoms with Crippen molar-refractivity contribution in [3.8, 4) is 5.75 Å². The van der Waals surface area contributed by atoms with Crippen LogP contribution in [0.25, 0.3) is 0 Å². The fraction of sp³-hybridized carbons (Fsp3) is 0.600. The monoisotopic (exact) mass is 233 g/mol. The second-order valence-electron chi connectivity index (χ2n) is 4.92. The van der Waals surface area contributed by atoms with Crippen molar-refractivity contribution < 1.29 is 4.74 Å². The molecule has 1 unspecified atom stereocenters. The molecule has 0 aliphatic carbocycles. The zero-order valence-electron chi connectivity index (χ0n) is 11.0. The lowest BCUT2D eigenvalue weighted by atomic mass is 9.87. The lowest BCUT2D eigenvalue weighted by Crippen LogP contribution is -2.41. The van der Waals surface area contributed by atoms with Crippen LogP contribution in [-0.4, -0.2) is 18.7 Å². The highest BCUT2D eigenvalue weighted by molar-refractivity contribution is 5.28. The van der Waals surface area contributed by atoms with Crippen molar-refractivity contribution in [3.05, 3.63) is 29.8 Å². The number of rotatable bonds is 5. The third-order valence-corrected chi connectivity index (χ3v) is 3.79. The summed E-state index contributed by atoms with van der Waals surface area (Å²) in [7, 11) is 0. The Balaban J connectivity index is 2.02. The minimum Gasteiger partial charge on any atom is -0.494 e. The van der Waals surface area contributed by atoms with E-state index in [1.165, 1.54) is 31.4 Å². The van der Waals surface area contributed by atoms with E-state index in [4.69, 9.17) is 4.74 Å². The van der Waals surface area contributed by atoms with Crippen LogP contribution in [0.3, 0.4) is 0 Å². The second-order valence-corrected chi connectivity index (χ2v) is 4.92. The van der Waals surface area contributed by atoms with Crippen LogP contribution in [0.15, 0.2) is 24.3 Å². The molecule has 1 aliphatic rings. The fourth-order valence-corrected chi connectivity index (χ4v) is 2.71. The smallest absolute Gasteiger partial charge is 0.119 e. The molecule has 0 bridgehead atoms. The van der Waals surface area contributed by atoms with Gasteiger partial charge in [-0.1, -0.05) is 19.1 Å². The summed E-state index contributed by atoms with van der Waals surface area (Å²) in [5.74, 6) is 0.973. The zero-order chi connectivity index (χ0) is 12.1. The van der Waals surface area contributed by atoms with Crippen molar-refractivity contribution >= 4 is 0 Å². The first-order valence-corrected chi connectivity index (χ1v) is 6.75. The molecule has 0 saturated carbocycles. The molecule has 17 heavy (non-hydrogen) atoms. The molecule has 2 heteroatoms. The third-order valence-electron chi connectivity index (χ3n) is 3.79. The molecule has 2 nitrogen and oxygen atoms in total. The molecule has 0 amide bonds. The maximum Gasteiger partial charge on any atom is 0.119 e. The van der Waals surface area contributed by atoms with Gasteiger partial charge in [0.2, 0.25) is 0 Å². The Morgan fingerprint density at radius 2 is 2.00 bits per heavy atom. The van der Waals surface area contributed by atoms with Gasteiger partial charge in [0.05, 0.1) is 6.61 Å². The van der Waals surface area contributed by atoms with Gasteiger partial charge in [0.15, 0.2) is 0 Å². The zero-order valence-corrected chi connectivity index (χ0v) is 11.0. The maximum absolute atomic E-state index is 5.47. The Bertz CT molecular complexity index is 338. The summed E-state index contributed by atoms with van der Waals surface area (Å²) in [6, 6.07) is 8.55. The highest BCUT2D eigenvalue weighted by Gasteiger charge is 2.31. The van der Waals surface area contributed by atoms with E-state index in [0.29, 0.717) is 5.54 Å². The number of nitrogens with one attached hydrogen (secondary N) is 1. The van der Waals surface area contributed by atoms with Crippen LogP contribution in [0, 0.1) is 0 Å². The van der Waals surface area contributed by atoms with Gasteiger partial charge in [0, 0.05) is 5.54 Å². The van der Waals surface area contributed by atoms with Crippen LogP contribution >= 0.6 is 0 Å². The van der Waals surface area contributed by atoms with E-state index in [-0.39, 0.29) is 0 Å². The largest absolute Gasteiger partial charge is 0.494 e. The van der Waals surface area contributed by atoms with Crippen LogP contribution in [0.4, 0.5) is 0 Å². The van der Waals surface area contributed by atoms with Crippen LogP contribution < -0.4 is 10.1 Å². The molecule has 1 N–H and O–H groups in total. The number of hydrogen-bond donors (Lipinski definition) is 1. The molecule has 0 radical (unpaired) electrons. The molecule has 1 aliphatic heterocycles. The van der Waals surface area contributed by atoms with Gasteiger partial charge in [-0.3, -0.25) is 0 Å². The quantitative estimate of drug-likeness (QED) is 0.843. The summed E-state index contributed by atoms with van der Waals surface area (Å²) >= 11 is 0. The number of benzene rings is 1. The minimum atomic E-state index is 0.340. The predicted molar refractivity (Wildman–Crippen MR) is 71.6 cm³/mol. The normalized spacial score (nSPS) is 23.9. The summed E-state index contributed by atoms with van der Waals surface area (Å²) in [6.07, 6.45) is 4.96. The van der Waals surface area contributed by atoms with Crippen LogP contribution in [0.1, 0.15) is 38.7 Å². The average Bonchev–Trinajstić information content (AvgIpc) is 2.81. The van der Waals surface area contributed by atoms with E-state index in [9.17, 15) is 0 Å². The molecule has 1 aromatic rings. The van der Waals surface area contributed by atoms with Gasteiger partial charge in [-0.05, 0) is 56.8 Å². The summed E-state index contributed by atoms with van der Waals surface area (Å²) in [6.45, 7) is 6.21. The lowest BCUT2D eigenvalue weighted by molar-refractivity contribution is 0.339. The van der Waals surface area contributed by atoms with Crippen LogP contribution in [0.5, 0.6) is 5.75 Å². The van der Waals surface area contributed by atoms with Gasteiger partial charge in [-0.2, -0.15) is 0 Å². The van der Waals surface area contributed by atoms with Gasteiger partial charge in [-0.15, -0.1) is 0 Å². The molecule has 2 rings (SSSR count). The Morgan fingerprint density at radius 1 is 1.24 bits per heavy atom. The van der Waals surface area contributed by atoms with Crippen LogP contribution in [0.2, 0.25) is 0 Å². The van der Waals surface area contributed by atoms with Gasteiger partial charge in [-0.25, -0.2) is 0 Å². The van der Waals surface area contributed by atoms with Crippen molar-refractivity contribution in [2.24, 2.45) is 0 Å². The molecular formula is C15H23NO. The fourth-order valence-electron chi connectivity index (χ4n) is 2.71. The molecule has 1 saturated heterocycles. The van der Waals surface area contributed by atoms with E-state index < -0.39 is 0 Å². The molecule has 1 heterocycles. The predicted octanol–water partition coefficient (Wildman–Crippen LogP) is 3.16. The third kappa shape index (κ3) is 3.01. The second kappa shape index (κ2) is 5.54. The summed E-state index contributed by atoms with van der Waals surface area (Å²) in [5, 5.41) is 3.68. The highest BCUT2D eigenvalue weighted by atomic mass is 16.5. The van der Waals surface area contributed by atoms with Crippen LogP contribution in [-0.2, 0) is 6.42 Å². The molecule has 94 valence electrons. The first kappa shape index (κ1) is 12.4. The average molecular weight is 233 g/mol. The standard InChI is InChI=1S/C15H23NO/c1-3-15(10-5-11-16-15)12-13-6-8-14(9-7-13)17-4-2/h6-9,16H,3-5,10-12H2,1-2H3. The molecule has 0 aromatic heterocycles. The van der Waals surface area contributed by atoms with Crippen molar-refractivity contribution in [2.75, 3.05) is 13.2 Å². The minimum absolute atomic E-state index is 0.340. The summed E-state index contributed by atoms with van der Waals surface area (Å²) in [5.41, 5.74) is 1.75. The van der Waals surface area contributed by atoms with Gasteiger partial charge >= 0.3 is 0 Å². The van der Waals surface area contributed by atoms with Crippen molar-refractivity contribution in [2.45, 2.75) is 45.1 Å². The number of hydrogen-bond acceptors (Lipinski definition) is 2. The lowest BCUT2D eigenvalue weighted by Gasteiger charge is -2.28. The van der Waals surface area contributed by atoms with Crippen molar-refractivity contribution in [3.63, 3.8) is 0 Å². The Kier molecular flexibility index (Phi) is 4.06. The summed E-state index contributed by atoms with van der Waals surface area (Å²) in [4.78, 5) is 0. The van der Waals surface area contributed by atoms with Crippen molar-refractivity contribution in [1.29, 1.82) is 0 Å². The Morgan fingerprint density at radius 3 is 2.53 bits per heavy atom. The number of ether oxygens (including phenoxy) is 1. The van der Waals surface area contributed by atoms with Gasteiger partial charge in [0.25, 0.3) is 0 Å². The van der Waals surface area contributed by atoms with E-state index in [0.717, 1.165) is 18.8 Å². The highest BCUT2D eigenvalue weighted by Crippen LogP contribution is 2.27. The Hall–Kier alpha value is -1.02. The molecule has 0 spiro atoms. The van der Waals surface area contributed by atoms with Gasteiger partial charge < -0.3 is 10.1 Å². The molecule has 1 aromatic carbocycles. The van der Waals surface area contributed by atoms with E-state index in [2.05, 4.69) is 36.5 Å². The maximum atomic E-state index is 5.47. The first-order valence-electron chi connectivity index (χ1n) is 6.75. The molecule has 1 fully saturated rings. The van der Waals surface area contributed by atoms with Crippen molar-refractivity contribution in [1.82, 2.24) is 5.32 Å². The SMILES string of the molecule is CCOc1ccc(CC2(CC)CCCN2)cc1. The van der Waals surface area contributed by atoms with E-state index in [1.54, 1.807) is 0 Å². The topological polar surface area (TPSA) is 21.3 Å². The first-order chi connectivity index (χ1) is 8.28. The molecular weight excluding hydrogens is 210 g/mol. The summed E-state index contributed by atoms with van der Waals surface area (Å²) < 4.78 is 5.47.